The maximum absolute atomic E-state index is 12.7. The smallest absolute Gasteiger partial charge is 0.472 e. The molecule has 1 unspecified atom stereocenters. The van der Waals surface area contributed by atoms with Crippen LogP contribution in [0.2, 0.25) is 0 Å². The largest absolute Gasteiger partial charge is 0.862 e. The van der Waals surface area contributed by atoms with Crippen molar-refractivity contribution in [1.82, 2.24) is 0 Å². The van der Waals surface area contributed by atoms with Gasteiger partial charge in [0.15, 0.2) is 6.10 Å². The lowest BCUT2D eigenvalue weighted by atomic mass is 10.0. The Morgan fingerprint density at radius 1 is 0.571 bits per heavy atom. The predicted octanol–water partition coefficient (Wildman–Crippen LogP) is 12.2. The molecule has 0 saturated carbocycles. The zero-order valence-electron chi connectivity index (χ0n) is 36.0. The van der Waals surface area contributed by atoms with Crippen LogP contribution in [-0.4, -0.2) is 61.0 Å². The Hall–Kier alpha value is -1.13. The van der Waals surface area contributed by atoms with Crippen LogP contribution < -0.4 is 5.11 Å². The van der Waals surface area contributed by atoms with E-state index in [-0.39, 0.29) is 44.9 Å². The lowest BCUT2D eigenvalue weighted by Crippen LogP contribution is -2.29. The molecule has 0 bridgehead atoms. The van der Waals surface area contributed by atoms with Gasteiger partial charge >= 0.3 is 19.8 Å². The number of phosphoric ester groups is 1. The highest BCUT2D eigenvalue weighted by Gasteiger charge is 2.26. The molecule has 0 rings (SSSR count). The Labute approximate surface area is 348 Å². The number of ether oxygens (including phenoxy) is 2. The highest BCUT2D eigenvalue weighted by molar-refractivity contribution is 7.80. The molecule has 0 aliphatic carbocycles. The van der Waals surface area contributed by atoms with Crippen molar-refractivity contribution in [1.29, 1.82) is 0 Å². The molecule has 0 radical (unpaired) electrons. The molecule has 0 saturated heterocycles. The van der Waals surface area contributed by atoms with Gasteiger partial charge < -0.3 is 24.5 Å². The third-order valence-corrected chi connectivity index (χ3v) is 11.3. The van der Waals surface area contributed by atoms with Crippen molar-refractivity contribution < 1.29 is 42.7 Å². The maximum Gasteiger partial charge on any atom is 0.472 e. The predicted molar refractivity (Wildman–Crippen MR) is 232 cm³/mol. The van der Waals surface area contributed by atoms with Gasteiger partial charge in [0.1, 0.15) is 6.61 Å². The summed E-state index contributed by atoms with van der Waals surface area (Å²) < 4.78 is 33.4. The van der Waals surface area contributed by atoms with Gasteiger partial charge in [-0.2, -0.15) is 12.6 Å². The summed E-state index contributed by atoms with van der Waals surface area (Å²) in [6.07, 6.45) is 36.6. The molecular formula is C44H85NO9PS-. The van der Waals surface area contributed by atoms with Crippen LogP contribution in [0.1, 0.15) is 226 Å². The van der Waals surface area contributed by atoms with Gasteiger partial charge in [0.2, 0.25) is 0 Å². The van der Waals surface area contributed by atoms with Crippen LogP contribution in [0, 0.1) is 0 Å². The van der Waals surface area contributed by atoms with E-state index in [0.717, 1.165) is 38.5 Å². The normalized spacial score (nSPS) is 13.5. The van der Waals surface area contributed by atoms with Gasteiger partial charge in [0.25, 0.3) is 0 Å². The van der Waals surface area contributed by atoms with Gasteiger partial charge in [-0.05, 0) is 30.9 Å². The van der Waals surface area contributed by atoms with Gasteiger partial charge in [-0.15, -0.1) is 0 Å². The van der Waals surface area contributed by atoms with Crippen molar-refractivity contribution in [2.45, 2.75) is 232 Å². The summed E-state index contributed by atoms with van der Waals surface area (Å²) in [5.74, 6) is -0.889. The van der Waals surface area contributed by atoms with Gasteiger partial charge in [0.05, 0.1) is 19.8 Å². The summed E-state index contributed by atoms with van der Waals surface area (Å²) >= 11 is 3.98. The zero-order valence-corrected chi connectivity index (χ0v) is 37.8. The van der Waals surface area contributed by atoms with E-state index in [1.54, 1.807) is 0 Å². The van der Waals surface area contributed by atoms with Crippen molar-refractivity contribution in [2.24, 2.45) is 4.99 Å². The molecule has 0 aromatic carbocycles. The first-order valence-corrected chi connectivity index (χ1v) is 25.1. The van der Waals surface area contributed by atoms with Crippen molar-refractivity contribution in [2.75, 3.05) is 32.1 Å². The molecule has 10 nitrogen and oxygen atoms in total. The lowest BCUT2D eigenvalue weighted by Gasteiger charge is -2.20. The Balaban J connectivity index is 4.38. The van der Waals surface area contributed by atoms with E-state index < -0.39 is 32.5 Å². The second kappa shape index (κ2) is 42.0. The quantitative estimate of drug-likeness (QED) is 0.0153. The number of nitrogens with zero attached hydrogens (tertiary/aromatic N) is 1. The molecule has 2 atom stereocenters. The number of esters is 2. The van der Waals surface area contributed by atoms with Crippen LogP contribution >= 0.6 is 20.5 Å². The van der Waals surface area contributed by atoms with Crippen molar-refractivity contribution in [3.05, 3.63) is 0 Å². The first-order chi connectivity index (χ1) is 27.2. The SMILES string of the molecule is CCCCCCCCCCCCCCCCCC(=O)OC[C@H](COP(=O)(O)OCCN=C([O-])CCS)OC(=O)CCCCCCCCCCCCCCCCC. The number of unbranched alkanes of at least 4 members (excludes halogenated alkanes) is 28. The van der Waals surface area contributed by atoms with Crippen molar-refractivity contribution in [3.8, 4) is 0 Å². The Morgan fingerprint density at radius 2 is 0.946 bits per heavy atom. The van der Waals surface area contributed by atoms with E-state index in [1.165, 1.54) is 148 Å². The fourth-order valence-corrected chi connectivity index (χ4v) is 7.55. The minimum absolute atomic E-state index is 0.102. The number of carbonyl (C=O) groups excluding carboxylic acids is 2. The Bertz CT molecular complexity index is 971. The summed E-state index contributed by atoms with van der Waals surface area (Å²) in [7, 11) is -4.53. The molecular weight excluding hydrogens is 750 g/mol. The second-order valence-electron chi connectivity index (χ2n) is 15.5. The molecule has 0 aromatic rings. The molecule has 56 heavy (non-hydrogen) atoms. The molecule has 332 valence electrons. The number of hydrogen-bond acceptors (Lipinski definition) is 10. The highest BCUT2D eigenvalue weighted by atomic mass is 32.1. The van der Waals surface area contributed by atoms with Crippen LogP contribution in [0.5, 0.6) is 0 Å². The lowest BCUT2D eigenvalue weighted by molar-refractivity contribution is -0.218. The molecule has 0 fully saturated rings. The van der Waals surface area contributed by atoms with Gasteiger partial charge in [-0.1, -0.05) is 194 Å². The number of hydrogen-bond donors (Lipinski definition) is 2. The highest BCUT2D eigenvalue weighted by Crippen LogP contribution is 2.43. The van der Waals surface area contributed by atoms with Crippen molar-refractivity contribution >= 4 is 38.3 Å². The molecule has 0 aliphatic rings. The summed E-state index contributed by atoms with van der Waals surface area (Å²) in [6, 6.07) is 0. The third kappa shape index (κ3) is 41.0. The first kappa shape index (κ1) is 54.9. The molecule has 0 heterocycles. The average molecular weight is 835 g/mol. The maximum atomic E-state index is 12.7. The van der Waals surface area contributed by atoms with Crippen LogP contribution in [0.4, 0.5) is 0 Å². The van der Waals surface area contributed by atoms with Gasteiger partial charge in [-0.25, -0.2) is 4.57 Å². The van der Waals surface area contributed by atoms with Crippen LogP contribution in [0.25, 0.3) is 0 Å². The molecule has 1 N–H and O–H groups in total. The molecule has 0 aliphatic heterocycles. The zero-order chi connectivity index (χ0) is 41.2. The van der Waals surface area contributed by atoms with E-state index in [1.807, 2.05) is 0 Å². The third-order valence-electron chi connectivity index (χ3n) is 10.1. The van der Waals surface area contributed by atoms with Crippen molar-refractivity contribution in [3.63, 3.8) is 0 Å². The molecule has 12 heteroatoms. The summed E-state index contributed by atoms with van der Waals surface area (Å²) in [6.45, 7) is 3.34. The minimum atomic E-state index is -4.53. The average Bonchev–Trinajstić information content (AvgIpc) is 3.17. The second-order valence-corrected chi connectivity index (χ2v) is 17.4. The van der Waals surface area contributed by atoms with E-state index in [0.29, 0.717) is 12.2 Å². The Kier molecular flexibility index (Phi) is 41.2. The van der Waals surface area contributed by atoms with E-state index in [9.17, 15) is 24.2 Å². The number of phosphoric acid groups is 1. The van der Waals surface area contributed by atoms with Crippen LogP contribution in [0.15, 0.2) is 4.99 Å². The number of thiol groups is 1. The summed E-state index contributed by atoms with van der Waals surface area (Å²) in [5.41, 5.74) is 0. The monoisotopic (exact) mass is 835 g/mol. The van der Waals surface area contributed by atoms with E-state index in [2.05, 4.69) is 31.5 Å². The standard InChI is InChI=1S/C44H86NO9PS/c1-3-5-7-9-11-13-15-17-19-21-23-25-27-29-31-33-43(47)51-39-41(40-53-55(49,50)52-37-36-45-42(46)35-38-56)54-44(48)34-32-30-28-26-24-22-20-18-16-14-12-10-8-6-4-2/h41,56H,3-40H2,1-2H3,(H,45,46)(H,49,50)/p-1/t41-/m1/s1. The van der Waals surface area contributed by atoms with E-state index in [4.69, 9.17) is 18.5 Å². The summed E-state index contributed by atoms with van der Waals surface area (Å²) in [4.78, 5) is 39.0. The van der Waals surface area contributed by atoms with Crippen LogP contribution in [-0.2, 0) is 32.7 Å². The summed E-state index contributed by atoms with van der Waals surface area (Å²) in [5, 5.41) is 11.5. The molecule has 0 spiro atoms. The Morgan fingerprint density at radius 3 is 1.34 bits per heavy atom. The minimum Gasteiger partial charge on any atom is -0.862 e. The molecule has 0 aromatic heterocycles. The van der Waals surface area contributed by atoms with Crippen LogP contribution in [0.3, 0.4) is 0 Å². The van der Waals surface area contributed by atoms with Gasteiger partial charge in [-0.3, -0.25) is 18.6 Å². The number of carbonyl (C=O) groups is 2. The van der Waals surface area contributed by atoms with Gasteiger partial charge in [0, 0.05) is 12.8 Å². The fourth-order valence-electron chi connectivity index (χ4n) is 6.62. The number of aliphatic imine (C=N–C) groups is 1. The number of rotatable bonds is 44. The first-order valence-electron chi connectivity index (χ1n) is 23.0. The van der Waals surface area contributed by atoms with E-state index >= 15 is 0 Å². The topological polar surface area (TPSA) is 144 Å². The molecule has 0 amide bonds. The fraction of sp³-hybridized carbons (Fsp3) is 0.932.